The summed E-state index contributed by atoms with van der Waals surface area (Å²) in [6, 6.07) is 7.52. The number of nitrogens with one attached hydrogen (secondary N) is 1. The van der Waals surface area contributed by atoms with Crippen LogP contribution in [-0.2, 0) is 0 Å². The van der Waals surface area contributed by atoms with Crippen LogP contribution in [0.15, 0.2) is 55.1 Å². The monoisotopic (exact) mass is 512 g/mol. The minimum absolute atomic E-state index is 0.203. The SMILES string of the molecule is CC(NC(=O)c1cc(OC(F)(F)F)cc(OC(F)(F)F)c1)c1nc2ccccc2nc1-n1cncn1. The minimum Gasteiger partial charge on any atom is -0.406 e. The lowest BCUT2D eigenvalue weighted by atomic mass is 10.1. The van der Waals surface area contributed by atoms with Crippen molar-refractivity contribution in [2.24, 2.45) is 0 Å². The number of ether oxygens (including phenoxy) is 2. The van der Waals surface area contributed by atoms with Gasteiger partial charge in [-0.05, 0) is 31.2 Å². The quantitative estimate of drug-likeness (QED) is 0.380. The second-order valence-electron chi connectivity index (χ2n) is 7.25. The van der Waals surface area contributed by atoms with Gasteiger partial charge in [-0.3, -0.25) is 4.79 Å². The number of alkyl halides is 6. The molecule has 1 unspecified atom stereocenters. The van der Waals surface area contributed by atoms with Crippen LogP contribution in [0.25, 0.3) is 16.9 Å². The highest BCUT2D eigenvalue weighted by Crippen LogP contribution is 2.31. The zero-order valence-corrected chi connectivity index (χ0v) is 18.0. The van der Waals surface area contributed by atoms with Crippen molar-refractivity contribution in [3.05, 3.63) is 66.4 Å². The van der Waals surface area contributed by atoms with E-state index in [1.54, 1.807) is 24.3 Å². The van der Waals surface area contributed by atoms with Crippen LogP contribution in [-0.4, -0.2) is 43.4 Å². The van der Waals surface area contributed by atoms with Crippen molar-refractivity contribution in [3.63, 3.8) is 0 Å². The Morgan fingerprint density at radius 1 is 0.944 bits per heavy atom. The summed E-state index contributed by atoms with van der Waals surface area (Å²) in [7, 11) is 0. The predicted molar refractivity (Wildman–Crippen MR) is 110 cm³/mol. The van der Waals surface area contributed by atoms with Crippen molar-refractivity contribution in [3.8, 4) is 17.3 Å². The summed E-state index contributed by atoms with van der Waals surface area (Å²) < 4.78 is 84.7. The Hall–Kier alpha value is -4.43. The lowest BCUT2D eigenvalue weighted by Crippen LogP contribution is -2.29. The zero-order valence-electron chi connectivity index (χ0n) is 18.0. The van der Waals surface area contributed by atoms with Crippen LogP contribution < -0.4 is 14.8 Å². The van der Waals surface area contributed by atoms with E-state index in [1.807, 2.05) is 0 Å². The summed E-state index contributed by atoms with van der Waals surface area (Å²) in [4.78, 5) is 25.7. The molecule has 9 nitrogen and oxygen atoms in total. The van der Waals surface area contributed by atoms with Crippen molar-refractivity contribution >= 4 is 16.9 Å². The third kappa shape index (κ3) is 5.97. The van der Waals surface area contributed by atoms with Crippen molar-refractivity contribution < 1.29 is 40.6 Å². The fraction of sp³-hybridized carbons (Fsp3) is 0.190. The molecule has 0 fully saturated rings. The topological polar surface area (TPSA) is 104 Å². The first-order valence-corrected chi connectivity index (χ1v) is 9.97. The first-order chi connectivity index (χ1) is 16.9. The average Bonchev–Trinajstić information content (AvgIpc) is 3.30. The molecule has 0 aliphatic rings. The maximum Gasteiger partial charge on any atom is 0.573 e. The second-order valence-corrected chi connectivity index (χ2v) is 7.25. The number of fused-ring (bicyclic) bond motifs is 1. The number of nitrogens with zero attached hydrogens (tertiary/aromatic N) is 5. The van der Waals surface area contributed by atoms with Gasteiger partial charge >= 0.3 is 12.7 Å². The van der Waals surface area contributed by atoms with E-state index in [0.717, 1.165) is 0 Å². The van der Waals surface area contributed by atoms with Crippen LogP contribution in [0.3, 0.4) is 0 Å². The smallest absolute Gasteiger partial charge is 0.406 e. The average molecular weight is 512 g/mol. The third-order valence-electron chi connectivity index (χ3n) is 4.58. The van der Waals surface area contributed by atoms with Gasteiger partial charge in [-0.1, -0.05) is 12.1 Å². The zero-order chi connectivity index (χ0) is 26.1. The number of carbonyl (C=O) groups excluding carboxylic acids is 1. The molecule has 0 radical (unpaired) electrons. The molecule has 0 aliphatic carbocycles. The van der Waals surface area contributed by atoms with E-state index in [4.69, 9.17) is 0 Å². The highest BCUT2D eigenvalue weighted by molar-refractivity contribution is 5.95. The van der Waals surface area contributed by atoms with E-state index < -0.39 is 41.7 Å². The summed E-state index contributed by atoms with van der Waals surface area (Å²) in [6.07, 6.45) is -7.84. The second kappa shape index (κ2) is 9.31. The Morgan fingerprint density at radius 3 is 2.06 bits per heavy atom. The van der Waals surface area contributed by atoms with E-state index in [9.17, 15) is 31.1 Å². The number of halogens is 6. The molecule has 1 atom stereocenters. The Labute approximate surface area is 197 Å². The molecule has 1 amide bonds. The summed E-state index contributed by atoms with van der Waals surface area (Å²) in [6.45, 7) is 1.50. The van der Waals surface area contributed by atoms with Gasteiger partial charge in [0.1, 0.15) is 29.8 Å². The number of hydrogen-bond donors (Lipinski definition) is 1. The van der Waals surface area contributed by atoms with Crippen molar-refractivity contribution in [2.75, 3.05) is 0 Å². The van der Waals surface area contributed by atoms with Crippen LogP contribution in [0.4, 0.5) is 26.3 Å². The van der Waals surface area contributed by atoms with Crippen molar-refractivity contribution in [1.82, 2.24) is 30.0 Å². The molecule has 2 heterocycles. The Morgan fingerprint density at radius 2 is 1.53 bits per heavy atom. The number of carbonyl (C=O) groups is 1. The van der Waals surface area contributed by atoms with Crippen LogP contribution in [0.2, 0.25) is 0 Å². The molecule has 0 saturated heterocycles. The standard InChI is InChI=1S/C21H14F6N6O3/c1-11(17-18(33-10-28-9-29-33)32-16-5-3-2-4-15(16)31-17)30-19(34)12-6-13(35-20(22,23)24)8-14(7-12)36-21(25,26)27/h2-11H,1H3,(H,30,34). The molecule has 188 valence electrons. The van der Waals surface area contributed by atoms with Gasteiger partial charge in [0, 0.05) is 11.6 Å². The molecule has 4 aromatic rings. The van der Waals surface area contributed by atoms with Crippen LogP contribution >= 0.6 is 0 Å². The Balaban J connectivity index is 1.68. The van der Waals surface area contributed by atoms with Gasteiger partial charge in [0.2, 0.25) is 0 Å². The number of rotatable bonds is 6. The lowest BCUT2D eigenvalue weighted by Gasteiger charge is -2.18. The number of hydrogen-bond acceptors (Lipinski definition) is 7. The predicted octanol–water partition coefficient (Wildman–Crippen LogP) is 4.50. The van der Waals surface area contributed by atoms with Gasteiger partial charge in [0.15, 0.2) is 5.82 Å². The molecule has 2 aromatic heterocycles. The maximum absolute atomic E-state index is 12.9. The molecule has 0 aliphatic heterocycles. The summed E-state index contributed by atoms with van der Waals surface area (Å²) in [5.41, 5.74) is 0.607. The van der Waals surface area contributed by atoms with Crippen LogP contribution in [0.1, 0.15) is 29.0 Å². The molecule has 2 aromatic carbocycles. The highest BCUT2D eigenvalue weighted by atomic mass is 19.4. The first-order valence-electron chi connectivity index (χ1n) is 9.97. The summed E-state index contributed by atoms with van der Waals surface area (Å²) in [5.74, 6) is -2.97. The largest absolute Gasteiger partial charge is 0.573 e. The molecule has 0 bridgehead atoms. The fourth-order valence-corrected chi connectivity index (χ4v) is 3.22. The molecular formula is C21H14F6N6O3. The van der Waals surface area contributed by atoms with Crippen molar-refractivity contribution in [2.45, 2.75) is 25.7 Å². The Kier molecular flexibility index (Phi) is 6.39. The number of amides is 1. The highest BCUT2D eigenvalue weighted by Gasteiger charge is 2.34. The van der Waals surface area contributed by atoms with E-state index in [-0.39, 0.29) is 11.5 Å². The minimum atomic E-state index is -5.22. The number of para-hydroxylation sites is 2. The fourth-order valence-electron chi connectivity index (χ4n) is 3.22. The third-order valence-corrected chi connectivity index (χ3v) is 4.58. The maximum atomic E-state index is 12.9. The Bertz CT molecular complexity index is 1360. The molecule has 0 spiro atoms. The molecule has 15 heteroatoms. The van der Waals surface area contributed by atoms with E-state index in [0.29, 0.717) is 29.2 Å². The van der Waals surface area contributed by atoms with Gasteiger partial charge in [-0.15, -0.1) is 26.3 Å². The molecule has 1 N–H and O–H groups in total. The van der Waals surface area contributed by atoms with Gasteiger partial charge in [-0.2, -0.15) is 5.10 Å². The molecule has 36 heavy (non-hydrogen) atoms. The summed E-state index contributed by atoms with van der Waals surface area (Å²) in [5, 5.41) is 6.49. The van der Waals surface area contributed by atoms with Crippen LogP contribution in [0.5, 0.6) is 11.5 Å². The van der Waals surface area contributed by atoms with Crippen LogP contribution in [0, 0.1) is 0 Å². The van der Waals surface area contributed by atoms with Crippen molar-refractivity contribution in [1.29, 1.82) is 0 Å². The summed E-state index contributed by atoms with van der Waals surface area (Å²) >= 11 is 0. The van der Waals surface area contributed by atoms with E-state index in [1.165, 1.54) is 24.3 Å². The molecular weight excluding hydrogens is 498 g/mol. The molecule has 0 saturated carbocycles. The van der Waals surface area contributed by atoms with Gasteiger partial charge in [-0.25, -0.2) is 19.6 Å². The first kappa shape index (κ1) is 24.7. The van der Waals surface area contributed by atoms with Gasteiger partial charge in [0.05, 0.1) is 17.1 Å². The normalized spacial score (nSPS) is 12.9. The van der Waals surface area contributed by atoms with E-state index >= 15 is 0 Å². The van der Waals surface area contributed by atoms with Gasteiger partial charge < -0.3 is 14.8 Å². The molecule has 4 rings (SSSR count). The number of benzene rings is 2. The lowest BCUT2D eigenvalue weighted by molar-refractivity contribution is -0.276. The van der Waals surface area contributed by atoms with E-state index in [2.05, 4.69) is 34.8 Å². The van der Waals surface area contributed by atoms with Gasteiger partial charge in [0.25, 0.3) is 5.91 Å². The number of aromatic nitrogens is 5.